The van der Waals surface area contributed by atoms with E-state index in [-0.39, 0.29) is 0 Å². The van der Waals surface area contributed by atoms with E-state index < -0.39 is 0 Å². The maximum absolute atomic E-state index is 2.33. The third-order valence-electron chi connectivity index (χ3n) is 9.63. The van der Waals surface area contributed by atoms with Crippen LogP contribution in [0.25, 0.3) is 43.8 Å². The molecule has 14 bridgehead atoms. The van der Waals surface area contributed by atoms with Crippen LogP contribution in [-0.4, -0.2) is 0 Å². The average Bonchev–Trinajstić information content (AvgIpc) is 3.12. The molecule has 0 aliphatic carbocycles. The highest BCUT2D eigenvalue weighted by molar-refractivity contribution is 5.84. The summed E-state index contributed by atoms with van der Waals surface area (Å²) in [7, 11) is 0. The van der Waals surface area contributed by atoms with Crippen LogP contribution in [0.4, 0.5) is 0 Å². The second kappa shape index (κ2) is 12.0. The first kappa shape index (κ1) is 28.2. The molecule has 228 valence electrons. The molecule has 4 heteroatoms. The standard InChI is InChI=1S/C44H36N4/c1-5-37-6-2-34-26-43(37)25-33(1)29-45-17-9-39(10-18-45)40-11-21-47(22-12-40)31-35-3-7-38-8-4-36(28-44(38)27-35)32-48-23-15-42(16-24-48)41-13-19-46(30-34)20-14-41/h1-28H,29-32H2/q+4. The number of hydrogen-bond donors (Lipinski definition) is 0. The molecule has 0 atom stereocenters. The van der Waals surface area contributed by atoms with Gasteiger partial charge in [-0.15, -0.1) is 0 Å². The first-order valence-electron chi connectivity index (χ1n) is 16.7. The van der Waals surface area contributed by atoms with Gasteiger partial charge in [-0.1, -0.05) is 48.5 Å². The van der Waals surface area contributed by atoms with Crippen molar-refractivity contribution in [2.45, 2.75) is 26.2 Å². The molecule has 0 fully saturated rings. The molecule has 0 N–H and O–H groups in total. The Hall–Kier alpha value is -6.00. The second-order valence-electron chi connectivity index (χ2n) is 13.1. The zero-order chi connectivity index (χ0) is 31.9. The number of benzene rings is 4. The molecule has 0 spiro atoms. The van der Waals surface area contributed by atoms with Crippen LogP contribution in [0.3, 0.4) is 0 Å². The molecule has 15 rings (SSSR count). The van der Waals surface area contributed by atoms with E-state index in [2.05, 4.69) is 189 Å². The second-order valence-corrected chi connectivity index (χ2v) is 13.1. The minimum absolute atomic E-state index is 0.832. The fourth-order valence-corrected chi connectivity index (χ4v) is 6.95. The van der Waals surface area contributed by atoms with Gasteiger partial charge in [0.05, 0.1) is 0 Å². The lowest BCUT2D eigenvalue weighted by atomic mass is 10.0. The first-order chi connectivity index (χ1) is 23.7. The van der Waals surface area contributed by atoms with E-state index >= 15 is 0 Å². The van der Waals surface area contributed by atoms with Gasteiger partial charge in [0.1, 0.15) is 0 Å². The van der Waals surface area contributed by atoms with Crippen molar-refractivity contribution in [1.29, 1.82) is 0 Å². The quantitative estimate of drug-likeness (QED) is 0.163. The molecule has 11 heterocycles. The van der Waals surface area contributed by atoms with Gasteiger partial charge in [0.15, 0.2) is 75.8 Å². The van der Waals surface area contributed by atoms with Gasteiger partial charge in [-0.2, -0.15) is 0 Å². The van der Waals surface area contributed by atoms with E-state index in [1.54, 1.807) is 0 Å². The van der Waals surface area contributed by atoms with Crippen LogP contribution < -0.4 is 18.3 Å². The number of rotatable bonds is 0. The molecular weight excluding hydrogens is 585 g/mol. The normalized spacial score (nSPS) is 12.7. The van der Waals surface area contributed by atoms with Crippen LogP contribution >= 0.6 is 0 Å². The third-order valence-corrected chi connectivity index (χ3v) is 9.63. The lowest BCUT2D eigenvalue weighted by molar-refractivity contribution is -0.688. The molecule has 0 amide bonds. The summed E-state index contributed by atoms with van der Waals surface area (Å²) in [5.41, 5.74) is 10.1. The van der Waals surface area contributed by atoms with E-state index in [1.807, 2.05) is 0 Å². The maximum atomic E-state index is 2.33. The third kappa shape index (κ3) is 5.85. The number of hydrogen-bond acceptors (Lipinski definition) is 0. The fraction of sp³-hybridized carbons (Fsp3) is 0.0909. The fourth-order valence-electron chi connectivity index (χ4n) is 6.95. The van der Waals surface area contributed by atoms with Gasteiger partial charge in [-0.25, -0.2) is 18.3 Å². The predicted molar refractivity (Wildman–Crippen MR) is 189 cm³/mol. The molecule has 0 saturated heterocycles. The largest absolute Gasteiger partial charge is 0.201 e. The van der Waals surface area contributed by atoms with Gasteiger partial charge in [-0.3, -0.25) is 0 Å². The van der Waals surface area contributed by atoms with Crippen LogP contribution in [0.5, 0.6) is 0 Å². The summed E-state index contributed by atoms with van der Waals surface area (Å²) in [6, 6.07) is 45.0. The van der Waals surface area contributed by atoms with Crippen molar-refractivity contribution in [2.24, 2.45) is 0 Å². The van der Waals surface area contributed by atoms with E-state index in [4.69, 9.17) is 0 Å². The van der Waals surface area contributed by atoms with Crippen LogP contribution in [-0.2, 0) is 26.2 Å². The highest BCUT2D eigenvalue weighted by Crippen LogP contribution is 2.22. The minimum atomic E-state index is 0.832. The van der Waals surface area contributed by atoms with Crippen molar-refractivity contribution >= 4 is 21.5 Å². The van der Waals surface area contributed by atoms with Gasteiger partial charge in [0, 0.05) is 70.8 Å². The molecular formula is C44H36N4+4. The Morgan fingerprint density at radius 1 is 0.250 bits per heavy atom. The minimum Gasteiger partial charge on any atom is -0.201 e. The van der Waals surface area contributed by atoms with Crippen LogP contribution in [0, 0.1) is 0 Å². The number of pyridine rings is 4. The summed E-state index contributed by atoms with van der Waals surface area (Å²) in [6.45, 7) is 3.33. The Morgan fingerprint density at radius 2 is 0.479 bits per heavy atom. The summed E-state index contributed by atoms with van der Waals surface area (Å²) >= 11 is 0. The van der Waals surface area contributed by atoms with Gasteiger partial charge in [0.25, 0.3) is 0 Å². The highest BCUT2D eigenvalue weighted by Gasteiger charge is 2.12. The lowest BCUT2D eigenvalue weighted by Gasteiger charge is -2.06. The zero-order valence-corrected chi connectivity index (χ0v) is 26.8. The van der Waals surface area contributed by atoms with Crippen molar-refractivity contribution in [3.63, 3.8) is 0 Å². The topological polar surface area (TPSA) is 15.5 Å². The SMILES string of the molecule is c1cc2ccc3cc2cc1C[n+]1ccc(cc1)-c1cc[n+](cc1)Cc1ccc2ccc(cc2c1)C[n+]1ccc(cc1)-c1cc[n+](cc1)C3. The van der Waals surface area contributed by atoms with Gasteiger partial charge < -0.3 is 0 Å². The molecule has 4 nitrogen and oxygen atoms in total. The highest BCUT2D eigenvalue weighted by atomic mass is 14.9. The summed E-state index contributed by atoms with van der Waals surface area (Å²) in [6.07, 6.45) is 17.5. The molecule has 0 saturated carbocycles. The van der Waals surface area contributed by atoms with Crippen molar-refractivity contribution in [3.05, 3.63) is 193 Å². The molecule has 4 aromatic heterocycles. The Bertz CT molecular complexity index is 2070. The van der Waals surface area contributed by atoms with Gasteiger partial charge in [0.2, 0.25) is 0 Å². The van der Waals surface area contributed by atoms with E-state index in [0.717, 1.165) is 26.2 Å². The monoisotopic (exact) mass is 620 g/mol. The molecule has 7 aliphatic rings. The summed E-state index contributed by atoms with van der Waals surface area (Å²) < 4.78 is 9.02. The van der Waals surface area contributed by atoms with E-state index in [1.165, 1.54) is 66.1 Å². The van der Waals surface area contributed by atoms with Gasteiger partial charge >= 0.3 is 0 Å². The first-order valence-corrected chi connectivity index (χ1v) is 16.7. The van der Waals surface area contributed by atoms with Gasteiger partial charge in [-0.05, 0) is 68.1 Å². The molecule has 0 radical (unpaired) electrons. The number of aromatic nitrogens is 4. The molecule has 7 aliphatic heterocycles. The van der Waals surface area contributed by atoms with Crippen molar-refractivity contribution < 1.29 is 18.3 Å². The van der Waals surface area contributed by atoms with Crippen molar-refractivity contribution in [1.82, 2.24) is 0 Å². The summed E-state index contributed by atoms with van der Waals surface area (Å²) in [4.78, 5) is 0. The average molecular weight is 621 g/mol. The van der Waals surface area contributed by atoms with E-state index in [9.17, 15) is 0 Å². The van der Waals surface area contributed by atoms with Crippen LogP contribution in [0.15, 0.2) is 171 Å². The lowest BCUT2D eigenvalue weighted by Crippen LogP contribution is -2.33. The Balaban J connectivity index is 1.07. The molecule has 4 aromatic carbocycles. The predicted octanol–water partition coefficient (Wildman–Crippen LogP) is 6.98. The molecule has 0 unspecified atom stereocenters. The van der Waals surface area contributed by atoms with Crippen LogP contribution in [0.1, 0.15) is 22.3 Å². The molecule has 48 heavy (non-hydrogen) atoms. The van der Waals surface area contributed by atoms with Crippen molar-refractivity contribution in [3.8, 4) is 22.3 Å². The Morgan fingerprint density at radius 3 is 0.708 bits per heavy atom. The van der Waals surface area contributed by atoms with E-state index in [0.29, 0.717) is 0 Å². The zero-order valence-electron chi connectivity index (χ0n) is 26.8. The van der Waals surface area contributed by atoms with Crippen LogP contribution in [0.2, 0.25) is 0 Å². The Labute approximate surface area is 280 Å². The smallest absolute Gasteiger partial charge is 0.173 e. The number of nitrogens with zero attached hydrogens (tertiary/aromatic N) is 4. The molecule has 8 aromatic rings. The summed E-state index contributed by atoms with van der Waals surface area (Å²) in [5.74, 6) is 0. The Kier molecular flexibility index (Phi) is 7.05. The summed E-state index contributed by atoms with van der Waals surface area (Å²) in [5, 5.41) is 5.09. The van der Waals surface area contributed by atoms with Crippen molar-refractivity contribution in [2.75, 3.05) is 0 Å². The maximum Gasteiger partial charge on any atom is 0.173 e.